The zero-order chi connectivity index (χ0) is 22.3. The van der Waals surface area contributed by atoms with Crippen LogP contribution in [-0.2, 0) is 14.8 Å². The van der Waals surface area contributed by atoms with Gasteiger partial charge in [0.2, 0.25) is 10.0 Å². The lowest BCUT2D eigenvalue weighted by molar-refractivity contribution is -0.123. The summed E-state index contributed by atoms with van der Waals surface area (Å²) in [5.41, 5.74) is 4.85. The molecule has 2 amide bonds. The lowest BCUT2D eigenvalue weighted by atomic mass is 10.0. The van der Waals surface area contributed by atoms with Gasteiger partial charge in [-0.25, -0.2) is 8.42 Å². The Balaban J connectivity index is 2.08. The number of halogens is 1. The van der Waals surface area contributed by atoms with Gasteiger partial charge in [-0.2, -0.15) is 4.72 Å². The van der Waals surface area contributed by atoms with E-state index in [1.54, 1.807) is 12.1 Å². The summed E-state index contributed by atoms with van der Waals surface area (Å²) >= 11 is 5.79. The number of amides is 2. The average molecular weight is 454 g/mol. The number of sulfonamides is 1. The largest absolute Gasteiger partial charge is 0.497 e. The van der Waals surface area contributed by atoms with Crippen LogP contribution >= 0.6 is 11.6 Å². The van der Waals surface area contributed by atoms with E-state index >= 15 is 0 Å². The van der Waals surface area contributed by atoms with E-state index in [2.05, 4.69) is 15.6 Å². The highest BCUT2D eigenvalue weighted by molar-refractivity contribution is 7.89. The molecule has 0 heterocycles. The van der Waals surface area contributed by atoms with Crippen molar-refractivity contribution in [1.29, 1.82) is 0 Å². The SMILES string of the molecule is COc1ccc(S(=O)(=O)N[C@@H](CC(C)C)C(=O)NNC(=O)c2ccc(Cl)cc2)cc1. The van der Waals surface area contributed by atoms with Gasteiger partial charge in [0.25, 0.3) is 11.8 Å². The van der Waals surface area contributed by atoms with Crippen LogP contribution in [0.5, 0.6) is 5.75 Å². The van der Waals surface area contributed by atoms with Gasteiger partial charge in [-0.1, -0.05) is 25.4 Å². The molecule has 0 fully saturated rings. The standard InChI is InChI=1S/C20H24ClN3O5S/c1-13(2)12-18(24-30(27,28)17-10-8-16(29-3)9-11-17)20(26)23-22-19(25)14-4-6-15(21)7-5-14/h4-11,13,18,24H,12H2,1-3H3,(H,22,25)(H,23,26)/t18-/m0/s1. The van der Waals surface area contributed by atoms with E-state index in [1.165, 1.54) is 43.5 Å². The van der Waals surface area contributed by atoms with E-state index < -0.39 is 27.9 Å². The number of nitrogens with one attached hydrogen (secondary N) is 3. The molecule has 0 aromatic heterocycles. The first-order valence-electron chi connectivity index (χ1n) is 9.14. The van der Waals surface area contributed by atoms with Crippen molar-refractivity contribution in [1.82, 2.24) is 15.6 Å². The molecule has 3 N–H and O–H groups in total. The van der Waals surface area contributed by atoms with Crippen molar-refractivity contribution < 1.29 is 22.7 Å². The first kappa shape index (κ1) is 23.7. The van der Waals surface area contributed by atoms with Gasteiger partial charge in [0.05, 0.1) is 12.0 Å². The van der Waals surface area contributed by atoms with Crippen LogP contribution in [0, 0.1) is 5.92 Å². The Morgan fingerprint density at radius 2 is 1.60 bits per heavy atom. The summed E-state index contributed by atoms with van der Waals surface area (Å²) in [6.45, 7) is 3.71. The Hall–Kier alpha value is -2.62. The van der Waals surface area contributed by atoms with Crippen LogP contribution in [0.15, 0.2) is 53.4 Å². The third-order valence-electron chi connectivity index (χ3n) is 4.10. The van der Waals surface area contributed by atoms with Crippen LogP contribution in [0.4, 0.5) is 0 Å². The number of carbonyl (C=O) groups is 2. The summed E-state index contributed by atoms with van der Waals surface area (Å²) in [6, 6.07) is 10.8. The predicted octanol–water partition coefficient (Wildman–Crippen LogP) is 2.50. The highest BCUT2D eigenvalue weighted by Gasteiger charge is 2.27. The summed E-state index contributed by atoms with van der Waals surface area (Å²) in [5, 5.41) is 0.473. The zero-order valence-electron chi connectivity index (χ0n) is 16.8. The maximum Gasteiger partial charge on any atom is 0.269 e. The van der Waals surface area contributed by atoms with Crippen LogP contribution in [0.2, 0.25) is 5.02 Å². The van der Waals surface area contributed by atoms with E-state index in [0.717, 1.165) is 0 Å². The number of hydrazine groups is 1. The summed E-state index contributed by atoms with van der Waals surface area (Å²) in [6.07, 6.45) is 0.234. The maximum absolute atomic E-state index is 12.7. The molecule has 0 saturated carbocycles. The van der Waals surface area contributed by atoms with Crippen molar-refractivity contribution >= 4 is 33.4 Å². The first-order valence-corrected chi connectivity index (χ1v) is 11.0. The number of hydrogen-bond donors (Lipinski definition) is 3. The molecule has 2 aromatic rings. The van der Waals surface area contributed by atoms with Crippen molar-refractivity contribution in [2.45, 2.75) is 31.2 Å². The molecular weight excluding hydrogens is 430 g/mol. The molecule has 2 rings (SSSR count). The molecule has 0 unspecified atom stereocenters. The Bertz CT molecular complexity index is 977. The number of benzene rings is 2. The van der Waals surface area contributed by atoms with Crippen LogP contribution in [-0.4, -0.2) is 33.4 Å². The topological polar surface area (TPSA) is 114 Å². The third kappa shape index (κ3) is 6.72. The van der Waals surface area contributed by atoms with Gasteiger partial charge in [-0.3, -0.25) is 20.4 Å². The molecule has 8 nitrogen and oxygen atoms in total. The van der Waals surface area contributed by atoms with Crippen LogP contribution in [0.25, 0.3) is 0 Å². The zero-order valence-corrected chi connectivity index (χ0v) is 18.4. The number of ether oxygens (including phenoxy) is 1. The Morgan fingerprint density at radius 1 is 1.00 bits per heavy atom. The smallest absolute Gasteiger partial charge is 0.269 e. The van der Waals surface area contributed by atoms with E-state index in [9.17, 15) is 18.0 Å². The molecule has 0 radical (unpaired) electrons. The number of hydrogen-bond acceptors (Lipinski definition) is 5. The van der Waals surface area contributed by atoms with Gasteiger partial charge >= 0.3 is 0 Å². The van der Waals surface area contributed by atoms with Crippen molar-refractivity contribution in [3.8, 4) is 5.75 Å². The minimum atomic E-state index is -3.96. The van der Waals surface area contributed by atoms with E-state index in [0.29, 0.717) is 16.3 Å². The van der Waals surface area contributed by atoms with Gasteiger partial charge in [-0.15, -0.1) is 0 Å². The normalized spacial score (nSPS) is 12.3. The summed E-state index contributed by atoms with van der Waals surface area (Å²) < 4.78 is 32.8. The van der Waals surface area contributed by atoms with E-state index in [4.69, 9.17) is 16.3 Å². The van der Waals surface area contributed by atoms with Crippen LogP contribution < -0.4 is 20.3 Å². The maximum atomic E-state index is 12.7. The quantitative estimate of drug-likeness (QED) is 0.531. The van der Waals surface area contributed by atoms with Crippen molar-refractivity contribution in [3.63, 3.8) is 0 Å². The lowest BCUT2D eigenvalue weighted by Crippen LogP contribution is -2.52. The third-order valence-corrected chi connectivity index (χ3v) is 5.84. The highest BCUT2D eigenvalue weighted by atomic mass is 35.5. The summed E-state index contributed by atoms with van der Waals surface area (Å²) in [4.78, 5) is 24.7. The molecule has 0 aliphatic heterocycles. The Labute approximate surface area is 181 Å². The van der Waals surface area contributed by atoms with Gasteiger partial charge < -0.3 is 4.74 Å². The fourth-order valence-electron chi connectivity index (χ4n) is 2.57. The van der Waals surface area contributed by atoms with Crippen molar-refractivity contribution in [2.75, 3.05) is 7.11 Å². The molecule has 2 aromatic carbocycles. The summed E-state index contributed by atoms with van der Waals surface area (Å²) in [7, 11) is -2.49. The van der Waals surface area contributed by atoms with Gasteiger partial charge in [-0.05, 0) is 60.9 Å². The Morgan fingerprint density at radius 3 is 2.13 bits per heavy atom. The van der Waals surface area contributed by atoms with Crippen LogP contribution in [0.1, 0.15) is 30.6 Å². The second-order valence-electron chi connectivity index (χ2n) is 6.93. The monoisotopic (exact) mass is 453 g/mol. The minimum absolute atomic E-state index is 0.00458. The highest BCUT2D eigenvalue weighted by Crippen LogP contribution is 2.17. The summed E-state index contributed by atoms with van der Waals surface area (Å²) in [5.74, 6) is -0.703. The van der Waals surface area contributed by atoms with Gasteiger partial charge in [0.1, 0.15) is 11.8 Å². The Kier molecular flexibility index (Phi) is 8.22. The molecule has 0 aliphatic rings. The number of methoxy groups -OCH3 is 1. The first-order chi connectivity index (χ1) is 14.1. The molecule has 0 aliphatic carbocycles. The van der Waals surface area contributed by atoms with Crippen molar-refractivity contribution in [3.05, 3.63) is 59.1 Å². The number of rotatable bonds is 8. The molecule has 0 bridgehead atoms. The fraction of sp³-hybridized carbons (Fsp3) is 0.300. The molecule has 1 atom stereocenters. The molecule has 162 valence electrons. The molecule has 10 heteroatoms. The fourth-order valence-corrected chi connectivity index (χ4v) is 3.90. The molecule has 0 saturated heterocycles. The van der Waals surface area contributed by atoms with E-state index in [-0.39, 0.29) is 17.2 Å². The second-order valence-corrected chi connectivity index (χ2v) is 9.08. The lowest BCUT2D eigenvalue weighted by Gasteiger charge is -2.20. The van der Waals surface area contributed by atoms with Crippen LogP contribution in [0.3, 0.4) is 0 Å². The molecule has 0 spiro atoms. The number of carbonyl (C=O) groups excluding carboxylic acids is 2. The average Bonchev–Trinajstić information content (AvgIpc) is 2.71. The van der Waals surface area contributed by atoms with Gasteiger partial charge in [0, 0.05) is 10.6 Å². The van der Waals surface area contributed by atoms with Gasteiger partial charge in [0.15, 0.2) is 0 Å². The van der Waals surface area contributed by atoms with E-state index in [1.807, 2.05) is 13.8 Å². The molecular formula is C20H24ClN3O5S. The minimum Gasteiger partial charge on any atom is -0.497 e. The molecule has 30 heavy (non-hydrogen) atoms. The predicted molar refractivity (Wildman–Crippen MR) is 114 cm³/mol. The van der Waals surface area contributed by atoms with Crippen molar-refractivity contribution in [2.24, 2.45) is 5.92 Å². The second kappa shape index (κ2) is 10.4.